The maximum atomic E-state index is 8.06. The van der Waals surface area contributed by atoms with E-state index in [0.29, 0.717) is 12.2 Å². The number of imidazole rings is 1. The van der Waals surface area contributed by atoms with Crippen molar-refractivity contribution in [3.05, 3.63) is 63.7 Å². The molecule has 2 N–H and O–H groups in total. The summed E-state index contributed by atoms with van der Waals surface area (Å²) in [6, 6.07) is 14.4. The van der Waals surface area contributed by atoms with Crippen LogP contribution in [0.2, 0.25) is 0 Å². The average Bonchev–Trinajstić information content (AvgIpc) is 2.69. The number of fused-ring (bicyclic) bond motifs is 1. The predicted molar refractivity (Wildman–Crippen MR) is 80.1 cm³/mol. The molecule has 0 aliphatic carbocycles. The molecule has 0 fully saturated rings. The van der Waals surface area contributed by atoms with E-state index in [1.807, 2.05) is 22.8 Å². The van der Waals surface area contributed by atoms with Crippen molar-refractivity contribution in [2.45, 2.75) is 13.5 Å². The van der Waals surface area contributed by atoms with Gasteiger partial charge in [0.05, 0.1) is 17.6 Å². The fourth-order valence-corrected chi connectivity index (χ4v) is 2.49. The minimum absolute atomic E-state index is 0.434. The third-order valence-corrected chi connectivity index (χ3v) is 3.75. The smallest absolute Gasteiger partial charge is 0.200 e. The number of hydrogen-bond acceptors (Lipinski definition) is 1. The van der Waals surface area contributed by atoms with Crippen molar-refractivity contribution in [2.24, 2.45) is 0 Å². The molecule has 96 valence electrons. The van der Waals surface area contributed by atoms with Crippen LogP contribution in [0.15, 0.2) is 46.9 Å². The van der Waals surface area contributed by atoms with Gasteiger partial charge in [-0.05, 0) is 42.3 Å². The summed E-state index contributed by atoms with van der Waals surface area (Å²) in [5, 5.41) is 8.06. The highest BCUT2D eigenvalue weighted by molar-refractivity contribution is 9.10. The highest BCUT2D eigenvalue weighted by atomic mass is 79.9. The summed E-state index contributed by atoms with van der Waals surface area (Å²) in [5.74, 6) is 0. The Morgan fingerprint density at radius 1 is 1.16 bits per heavy atom. The Morgan fingerprint density at radius 3 is 2.63 bits per heavy atom. The molecule has 0 saturated heterocycles. The molecule has 3 nitrogen and oxygen atoms in total. The number of aryl methyl sites for hydroxylation is 1. The molecule has 0 bridgehead atoms. The molecule has 2 aromatic carbocycles. The van der Waals surface area contributed by atoms with Gasteiger partial charge in [0.1, 0.15) is 0 Å². The van der Waals surface area contributed by atoms with Crippen molar-refractivity contribution < 1.29 is 0 Å². The third kappa shape index (κ3) is 2.36. The normalized spacial score (nSPS) is 11.1. The molecule has 1 heterocycles. The zero-order chi connectivity index (χ0) is 13.4. The van der Waals surface area contributed by atoms with Gasteiger partial charge < -0.3 is 9.55 Å². The van der Waals surface area contributed by atoms with Gasteiger partial charge in [-0.1, -0.05) is 34.1 Å². The predicted octanol–water partition coefficient (Wildman–Crippen LogP) is 3.57. The summed E-state index contributed by atoms with van der Waals surface area (Å²) in [5.41, 5.74) is 4.91. The fourth-order valence-electron chi connectivity index (χ4n) is 2.22. The van der Waals surface area contributed by atoms with Crippen molar-refractivity contribution in [3.63, 3.8) is 0 Å². The summed E-state index contributed by atoms with van der Waals surface area (Å²) >= 11 is 3.44. The molecule has 0 radical (unpaired) electrons. The molecular weight excluding hydrogens is 302 g/mol. The van der Waals surface area contributed by atoms with Gasteiger partial charge in [-0.15, -0.1) is 0 Å². The van der Waals surface area contributed by atoms with Gasteiger partial charge in [0.15, 0.2) is 0 Å². The van der Waals surface area contributed by atoms with Gasteiger partial charge in [-0.25, -0.2) is 0 Å². The first kappa shape index (κ1) is 12.2. The molecule has 3 aromatic rings. The van der Waals surface area contributed by atoms with E-state index < -0.39 is 0 Å². The average molecular weight is 316 g/mol. The number of aromatic nitrogens is 2. The summed E-state index contributed by atoms with van der Waals surface area (Å²) in [6.45, 7) is 2.77. The molecule has 3 rings (SSSR count). The van der Waals surface area contributed by atoms with E-state index in [2.05, 4.69) is 52.1 Å². The number of H-pyrrole nitrogens is 1. The van der Waals surface area contributed by atoms with Gasteiger partial charge >= 0.3 is 0 Å². The lowest BCUT2D eigenvalue weighted by Crippen LogP contribution is -2.17. The Balaban J connectivity index is 2.09. The molecule has 19 heavy (non-hydrogen) atoms. The fraction of sp³-hybridized carbons (Fsp3) is 0.133. The van der Waals surface area contributed by atoms with Crippen LogP contribution in [0, 0.1) is 12.3 Å². The zero-order valence-electron chi connectivity index (χ0n) is 10.6. The third-order valence-electron chi connectivity index (χ3n) is 3.22. The maximum Gasteiger partial charge on any atom is 0.200 e. The van der Waals surface area contributed by atoms with E-state index >= 15 is 0 Å². The Morgan fingerprint density at radius 2 is 1.89 bits per heavy atom. The monoisotopic (exact) mass is 315 g/mol. The van der Waals surface area contributed by atoms with Crippen molar-refractivity contribution in [2.75, 3.05) is 0 Å². The van der Waals surface area contributed by atoms with Crippen LogP contribution in [0.5, 0.6) is 0 Å². The number of rotatable bonds is 2. The minimum Gasteiger partial charge on any atom is -0.324 e. The van der Waals surface area contributed by atoms with Gasteiger partial charge in [-0.3, -0.25) is 5.41 Å². The molecule has 0 unspecified atom stereocenters. The molecule has 1 aromatic heterocycles. The second-order valence-corrected chi connectivity index (χ2v) is 5.62. The van der Waals surface area contributed by atoms with Gasteiger partial charge in [0.2, 0.25) is 5.62 Å². The van der Waals surface area contributed by atoms with Crippen LogP contribution in [0.1, 0.15) is 11.1 Å². The Labute approximate surface area is 119 Å². The number of nitrogens with one attached hydrogen (secondary N) is 2. The largest absolute Gasteiger partial charge is 0.324 e. The van der Waals surface area contributed by atoms with Crippen LogP contribution >= 0.6 is 15.9 Å². The van der Waals surface area contributed by atoms with Gasteiger partial charge in [-0.2, -0.15) is 0 Å². The molecule has 4 heteroatoms. The highest BCUT2D eigenvalue weighted by Gasteiger charge is 2.05. The number of benzene rings is 2. The Kier molecular flexibility index (Phi) is 3.03. The lowest BCUT2D eigenvalue weighted by atomic mass is 10.2. The van der Waals surface area contributed by atoms with Crippen LogP contribution in [0.25, 0.3) is 11.0 Å². The van der Waals surface area contributed by atoms with E-state index in [0.717, 1.165) is 15.5 Å². The first-order valence-electron chi connectivity index (χ1n) is 6.12. The van der Waals surface area contributed by atoms with E-state index in [-0.39, 0.29) is 0 Å². The Hall–Kier alpha value is -1.81. The molecule has 0 atom stereocenters. The lowest BCUT2D eigenvalue weighted by Gasteiger charge is -2.05. The molecule has 0 saturated carbocycles. The SMILES string of the molecule is Cc1ccc2[nH]c(=N)n(Cc3ccc(Br)cc3)c2c1. The van der Waals surface area contributed by atoms with E-state index in [1.54, 1.807) is 0 Å². The van der Waals surface area contributed by atoms with E-state index in [9.17, 15) is 0 Å². The lowest BCUT2D eigenvalue weighted by molar-refractivity contribution is 0.751. The summed E-state index contributed by atoms with van der Waals surface area (Å²) in [6.07, 6.45) is 0. The van der Waals surface area contributed by atoms with Gasteiger partial charge in [0.25, 0.3) is 0 Å². The molecule has 0 aliphatic heterocycles. The summed E-state index contributed by atoms with van der Waals surface area (Å²) in [4.78, 5) is 3.11. The van der Waals surface area contributed by atoms with Crippen molar-refractivity contribution in [1.29, 1.82) is 5.41 Å². The molecule has 0 aliphatic rings. The first-order chi connectivity index (χ1) is 9.13. The molecule has 0 spiro atoms. The molecular formula is C15H14BrN3. The quantitative estimate of drug-likeness (QED) is 0.726. The first-order valence-corrected chi connectivity index (χ1v) is 6.91. The number of halogens is 1. The summed E-state index contributed by atoms with van der Waals surface area (Å²) in [7, 11) is 0. The standard InChI is InChI=1S/C15H14BrN3/c1-10-2-7-13-14(8-10)19(15(17)18-13)9-11-3-5-12(16)6-4-11/h2-8H,9H2,1H3,(H2,17,18). The van der Waals surface area contributed by atoms with Crippen LogP contribution in [-0.2, 0) is 6.54 Å². The number of hydrogen-bond donors (Lipinski definition) is 2. The Bertz CT molecular complexity index is 781. The highest BCUT2D eigenvalue weighted by Crippen LogP contribution is 2.15. The number of aromatic amines is 1. The maximum absolute atomic E-state index is 8.06. The van der Waals surface area contributed by atoms with Crippen molar-refractivity contribution in [3.8, 4) is 0 Å². The van der Waals surface area contributed by atoms with E-state index in [1.165, 1.54) is 11.1 Å². The topological polar surface area (TPSA) is 44.6 Å². The van der Waals surface area contributed by atoms with Crippen LogP contribution in [0.4, 0.5) is 0 Å². The minimum atomic E-state index is 0.434. The second kappa shape index (κ2) is 4.70. The van der Waals surface area contributed by atoms with Crippen LogP contribution < -0.4 is 5.62 Å². The van der Waals surface area contributed by atoms with Crippen molar-refractivity contribution in [1.82, 2.24) is 9.55 Å². The zero-order valence-corrected chi connectivity index (χ0v) is 12.2. The van der Waals surface area contributed by atoms with Crippen LogP contribution in [-0.4, -0.2) is 9.55 Å². The van der Waals surface area contributed by atoms with Crippen molar-refractivity contribution >= 4 is 27.0 Å². The van der Waals surface area contributed by atoms with Gasteiger partial charge in [0, 0.05) is 4.47 Å². The number of nitrogens with zero attached hydrogens (tertiary/aromatic N) is 1. The second-order valence-electron chi connectivity index (χ2n) is 4.71. The van der Waals surface area contributed by atoms with Crippen LogP contribution in [0.3, 0.4) is 0 Å². The van der Waals surface area contributed by atoms with E-state index in [4.69, 9.17) is 5.41 Å². The molecule has 0 amide bonds. The summed E-state index contributed by atoms with van der Waals surface area (Å²) < 4.78 is 3.06.